The number of benzene rings is 1. The molecule has 1 aromatic carbocycles. The molecule has 5 nitrogen and oxygen atoms in total. The van der Waals surface area contributed by atoms with Crippen molar-refractivity contribution in [2.45, 2.75) is 26.3 Å². The maximum absolute atomic E-state index is 13.1. The van der Waals surface area contributed by atoms with Crippen molar-refractivity contribution < 1.29 is 19.1 Å². The standard InChI is InChI=1S/C13H16ClFN2O3/c1-13(2,3)17(7-11(18)19)12(20)16-10-6-8(15)4-5-9(10)14/h4-6H,7H2,1-3H3,(H,16,20)(H,18,19). The predicted octanol–water partition coefficient (Wildman–Crippen LogP) is 3.20. The van der Waals surface area contributed by atoms with Gasteiger partial charge in [-0.3, -0.25) is 4.79 Å². The van der Waals surface area contributed by atoms with Crippen molar-refractivity contribution >= 4 is 29.3 Å². The van der Waals surface area contributed by atoms with Crippen LogP contribution in [0.1, 0.15) is 20.8 Å². The van der Waals surface area contributed by atoms with Gasteiger partial charge in [-0.15, -0.1) is 0 Å². The first-order valence-electron chi connectivity index (χ1n) is 5.86. The lowest BCUT2D eigenvalue weighted by atomic mass is 10.1. The average Bonchev–Trinajstić information content (AvgIpc) is 2.29. The molecule has 0 unspecified atom stereocenters. The number of halogens is 2. The summed E-state index contributed by atoms with van der Waals surface area (Å²) in [5.41, 5.74) is -0.612. The summed E-state index contributed by atoms with van der Waals surface area (Å²) in [6, 6.07) is 2.89. The summed E-state index contributed by atoms with van der Waals surface area (Å²) in [5, 5.41) is 11.4. The summed E-state index contributed by atoms with van der Waals surface area (Å²) in [5.74, 6) is -1.69. The Morgan fingerprint density at radius 1 is 1.40 bits per heavy atom. The summed E-state index contributed by atoms with van der Waals surface area (Å²) in [4.78, 5) is 24.1. The lowest BCUT2D eigenvalue weighted by Crippen LogP contribution is -2.50. The highest BCUT2D eigenvalue weighted by molar-refractivity contribution is 6.33. The second kappa shape index (κ2) is 6.09. The topological polar surface area (TPSA) is 69.6 Å². The largest absolute Gasteiger partial charge is 0.480 e. The highest BCUT2D eigenvalue weighted by Gasteiger charge is 2.28. The predicted molar refractivity (Wildman–Crippen MR) is 74.5 cm³/mol. The van der Waals surface area contributed by atoms with E-state index in [2.05, 4.69) is 5.32 Å². The molecule has 2 N–H and O–H groups in total. The number of hydrogen-bond donors (Lipinski definition) is 2. The van der Waals surface area contributed by atoms with Gasteiger partial charge in [-0.25, -0.2) is 9.18 Å². The third-order valence-corrected chi connectivity index (χ3v) is 2.85. The van der Waals surface area contributed by atoms with Crippen LogP contribution in [0.2, 0.25) is 5.02 Å². The average molecular weight is 303 g/mol. The van der Waals surface area contributed by atoms with Crippen LogP contribution in [-0.4, -0.2) is 34.1 Å². The molecule has 0 aliphatic carbocycles. The van der Waals surface area contributed by atoms with Gasteiger partial charge < -0.3 is 15.3 Å². The van der Waals surface area contributed by atoms with Gasteiger partial charge >= 0.3 is 12.0 Å². The molecule has 0 radical (unpaired) electrons. The first-order chi connectivity index (χ1) is 9.11. The highest BCUT2D eigenvalue weighted by atomic mass is 35.5. The minimum absolute atomic E-state index is 0.0938. The van der Waals surface area contributed by atoms with Crippen molar-refractivity contribution in [1.29, 1.82) is 0 Å². The van der Waals surface area contributed by atoms with Gasteiger partial charge in [-0.2, -0.15) is 0 Å². The molecule has 2 amide bonds. The summed E-state index contributed by atoms with van der Waals surface area (Å²) >= 11 is 5.85. The van der Waals surface area contributed by atoms with Crippen molar-refractivity contribution in [3.8, 4) is 0 Å². The van der Waals surface area contributed by atoms with Gasteiger partial charge in [0.05, 0.1) is 10.7 Å². The molecule has 0 aliphatic heterocycles. The molecule has 0 saturated heterocycles. The van der Waals surface area contributed by atoms with Gasteiger partial charge in [-0.1, -0.05) is 11.6 Å². The SMILES string of the molecule is CC(C)(C)N(CC(=O)O)C(=O)Nc1cc(F)ccc1Cl. The van der Waals surface area contributed by atoms with Crippen molar-refractivity contribution in [2.24, 2.45) is 0 Å². The molecule has 0 heterocycles. The van der Waals surface area contributed by atoms with E-state index in [1.165, 1.54) is 6.07 Å². The lowest BCUT2D eigenvalue weighted by molar-refractivity contribution is -0.138. The first-order valence-corrected chi connectivity index (χ1v) is 6.24. The van der Waals surface area contributed by atoms with Crippen LogP contribution in [0.5, 0.6) is 0 Å². The number of carbonyl (C=O) groups is 2. The number of carboxylic acids is 1. The number of hydrogen-bond acceptors (Lipinski definition) is 2. The third kappa shape index (κ3) is 4.38. The van der Waals surface area contributed by atoms with Crippen LogP contribution >= 0.6 is 11.6 Å². The molecule has 0 spiro atoms. The molecule has 110 valence electrons. The van der Waals surface area contributed by atoms with E-state index in [9.17, 15) is 14.0 Å². The van der Waals surface area contributed by atoms with E-state index in [-0.39, 0.29) is 10.7 Å². The number of aliphatic carboxylic acids is 1. The molecular formula is C13H16ClFN2O3. The second-order valence-corrected chi connectivity index (χ2v) is 5.61. The Kier molecular flexibility index (Phi) is 4.94. The molecule has 0 aliphatic rings. The van der Waals surface area contributed by atoms with Gasteiger partial charge in [0.15, 0.2) is 0 Å². The van der Waals surface area contributed by atoms with Crippen LogP contribution in [0, 0.1) is 5.82 Å². The Morgan fingerprint density at radius 2 is 2.00 bits per heavy atom. The fourth-order valence-corrected chi connectivity index (χ4v) is 1.69. The van der Waals surface area contributed by atoms with Crippen molar-refractivity contribution in [2.75, 3.05) is 11.9 Å². The Labute approximate surface area is 121 Å². The van der Waals surface area contributed by atoms with Crippen molar-refractivity contribution in [3.05, 3.63) is 29.0 Å². The monoisotopic (exact) mass is 302 g/mol. The van der Waals surface area contributed by atoms with Gasteiger partial charge in [0.25, 0.3) is 0 Å². The van der Waals surface area contributed by atoms with Gasteiger partial charge in [0.1, 0.15) is 12.4 Å². The molecule has 7 heteroatoms. The molecule has 0 saturated carbocycles. The van der Waals surface area contributed by atoms with Crippen molar-refractivity contribution in [1.82, 2.24) is 4.90 Å². The number of amides is 2. The highest BCUT2D eigenvalue weighted by Crippen LogP contribution is 2.24. The number of nitrogens with one attached hydrogen (secondary N) is 1. The van der Waals surface area contributed by atoms with E-state index in [1.54, 1.807) is 20.8 Å². The van der Waals surface area contributed by atoms with Crippen LogP contribution < -0.4 is 5.32 Å². The number of anilines is 1. The maximum atomic E-state index is 13.1. The quantitative estimate of drug-likeness (QED) is 0.901. The zero-order chi connectivity index (χ0) is 15.5. The Morgan fingerprint density at radius 3 is 2.50 bits per heavy atom. The van der Waals surface area contributed by atoms with Crippen LogP contribution in [-0.2, 0) is 4.79 Å². The molecular weight excluding hydrogens is 287 g/mol. The summed E-state index contributed by atoms with van der Waals surface area (Å²) in [6.45, 7) is 4.62. The fourth-order valence-electron chi connectivity index (χ4n) is 1.52. The van der Waals surface area contributed by atoms with E-state index < -0.39 is 29.9 Å². The molecule has 0 bridgehead atoms. The zero-order valence-corrected chi connectivity index (χ0v) is 12.2. The fraction of sp³-hybridized carbons (Fsp3) is 0.385. The number of nitrogens with zero attached hydrogens (tertiary/aromatic N) is 1. The zero-order valence-electron chi connectivity index (χ0n) is 11.4. The summed E-state index contributed by atoms with van der Waals surface area (Å²) in [7, 11) is 0. The minimum atomic E-state index is -1.14. The smallest absolute Gasteiger partial charge is 0.323 e. The van der Waals surface area contributed by atoms with E-state index in [0.29, 0.717) is 0 Å². The Hall–Kier alpha value is -1.82. The normalized spacial score (nSPS) is 11.1. The summed E-state index contributed by atoms with van der Waals surface area (Å²) in [6.07, 6.45) is 0. The first kappa shape index (κ1) is 16.2. The Balaban J connectivity index is 2.96. The van der Waals surface area contributed by atoms with Crippen LogP contribution in [0.4, 0.5) is 14.9 Å². The van der Waals surface area contributed by atoms with Gasteiger partial charge in [-0.05, 0) is 39.0 Å². The van der Waals surface area contributed by atoms with Crippen LogP contribution in [0.25, 0.3) is 0 Å². The molecule has 0 atom stereocenters. The van der Waals surface area contributed by atoms with E-state index >= 15 is 0 Å². The van der Waals surface area contributed by atoms with Gasteiger partial charge in [0, 0.05) is 5.54 Å². The molecule has 1 rings (SSSR count). The lowest BCUT2D eigenvalue weighted by Gasteiger charge is -2.34. The number of urea groups is 1. The summed E-state index contributed by atoms with van der Waals surface area (Å²) < 4.78 is 13.1. The molecule has 1 aromatic rings. The van der Waals surface area contributed by atoms with Crippen LogP contribution in [0.15, 0.2) is 18.2 Å². The van der Waals surface area contributed by atoms with E-state index in [1.807, 2.05) is 0 Å². The van der Waals surface area contributed by atoms with E-state index in [4.69, 9.17) is 16.7 Å². The van der Waals surface area contributed by atoms with Crippen LogP contribution in [0.3, 0.4) is 0 Å². The minimum Gasteiger partial charge on any atom is -0.480 e. The van der Waals surface area contributed by atoms with E-state index in [0.717, 1.165) is 17.0 Å². The Bertz CT molecular complexity index is 529. The number of rotatable bonds is 3. The number of carbonyl (C=O) groups excluding carboxylic acids is 1. The second-order valence-electron chi connectivity index (χ2n) is 5.21. The molecule has 0 fully saturated rings. The molecule has 0 aromatic heterocycles. The maximum Gasteiger partial charge on any atom is 0.323 e. The van der Waals surface area contributed by atoms with Gasteiger partial charge in [0.2, 0.25) is 0 Å². The number of carboxylic acid groups (broad SMARTS) is 1. The molecule has 20 heavy (non-hydrogen) atoms. The third-order valence-electron chi connectivity index (χ3n) is 2.52. The van der Waals surface area contributed by atoms with Crippen molar-refractivity contribution in [3.63, 3.8) is 0 Å².